The zero-order valence-corrected chi connectivity index (χ0v) is 13.9. The molecule has 0 N–H and O–H groups in total. The molecule has 0 amide bonds. The second kappa shape index (κ2) is 7.31. The molecule has 0 aromatic heterocycles. The van der Waals surface area contributed by atoms with Gasteiger partial charge in [0.05, 0.1) is 5.69 Å². The summed E-state index contributed by atoms with van der Waals surface area (Å²) in [5.41, 5.74) is 2.18. The van der Waals surface area contributed by atoms with Gasteiger partial charge in [-0.1, -0.05) is 13.8 Å². The van der Waals surface area contributed by atoms with Crippen molar-refractivity contribution in [3.8, 4) is 0 Å². The van der Waals surface area contributed by atoms with E-state index in [2.05, 4.69) is 10.2 Å². The first-order chi connectivity index (χ1) is 11.0. The summed E-state index contributed by atoms with van der Waals surface area (Å²) in [6.45, 7) is 3.66. The van der Waals surface area contributed by atoms with E-state index in [0.717, 1.165) is 5.69 Å². The van der Waals surface area contributed by atoms with Crippen molar-refractivity contribution in [1.82, 2.24) is 0 Å². The fourth-order valence-corrected chi connectivity index (χ4v) is 2.27. The van der Waals surface area contributed by atoms with Gasteiger partial charge < -0.3 is 4.90 Å². The van der Waals surface area contributed by atoms with Gasteiger partial charge in [0.2, 0.25) is 0 Å². The minimum absolute atomic E-state index is 0.308. The Morgan fingerprint density at radius 2 is 1.39 bits per heavy atom. The second-order valence-electron chi connectivity index (χ2n) is 5.49. The Balaban J connectivity index is 2.38. The average molecular weight is 317 g/mol. The van der Waals surface area contributed by atoms with Crippen molar-refractivity contribution in [3.63, 3.8) is 0 Å². The van der Waals surface area contributed by atoms with Crippen molar-refractivity contribution < 1.29 is 8.78 Å². The van der Waals surface area contributed by atoms with Crippen LogP contribution in [-0.4, -0.2) is 14.1 Å². The highest BCUT2D eigenvalue weighted by Gasteiger charge is 2.16. The molecule has 3 nitrogen and oxygen atoms in total. The van der Waals surface area contributed by atoms with Crippen LogP contribution >= 0.6 is 0 Å². The normalized spacial score (nSPS) is 11.2. The van der Waals surface area contributed by atoms with Crippen LogP contribution in [0.15, 0.2) is 40.6 Å². The largest absolute Gasteiger partial charge is 0.378 e. The summed E-state index contributed by atoms with van der Waals surface area (Å²) in [6, 6.07) is 8.84. The number of hydrogen-bond donors (Lipinski definition) is 0. The van der Waals surface area contributed by atoms with E-state index in [4.69, 9.17) is 0 Å². The van der Waals surface area contributed by atoms with Gasteiger partial charge in [0.1, 0.15) is 0 Å². The number of anilines is 1. The Labute approximate surface area is 135 Å². The van der Waals surface area contributed by atoms with Crippen LogP contribution < -0.4 is 4.90 Å². The Kier molecular flexibility index (Phi) is 5.42. The molecule has 0 aliphatic carbocycles. The molecule has 0 fully saturated rings. The van der Waals surface area contributed by atoms with Crippen LogP contribution in [-0.2, 0) is 12.8 Å². The van der Waals surface area contributed by atoms with E-state index in [1.54, 1.807) is 18.2 Å². The zero-order valence-electron chi connectivity index (χ0n) is 13.9. The molecule has 2 aromatic carbocycles. The van der Waals surface area contributed by atoms with Crippen molar-refractivity contribution in [1.29, 1.82) is 0 Å². The minimum atomic E-state index is -0.629. The van der Waals surface area contributed by atoms with Crippen LogP contribution in [0.1, 0.15) is 25.0 Å². The number of rotatable bonds is 5. The molecule has 0 aliphatic rings. The maximum Gasteiger partial charge on any atom is 0.157 e. The van der Waals surface area contributed by atoms with Crippen LogP contribution in [0.3, 0.4) is 0 Å². The SMILES string of the molecule is CCc1cc(CC)c(F)c(/N=N/c2ccc(N(C)C)cc2)c1F. The van der Waals surface area contributed by atoms with Gasteiger partial charge in [0.25, 0.3) is 0 Å². The fraction of sp³-hybridized carbons (Fsp3) is 0.333. The van der Waals surface area contributed by atoms with Crippen molar-refractivity contribution in [2.75, 3.05) is 19.0 Å². The standard InChI is InChI=1S/C18H21F2N3/c1-5-12-11-13(6-2)17(20)18(16(12)19)22-21-14-7-9-15(10-8-14)23(3)4/h7-11H,5-6H2,1-4H3/b22-21+. The van der Waals surface area contributed by atoms with Gasteiger partial charge in [-0.3, -0.25) is 0 Å². The quantitative estimate of drug-likeness (QED) is 0.662. The van der Waals surface area contributed by atoms with E-state index >= 15 is 0 Å². The molecule has 0 radical (unpaired) electrons. The zero-order chi connectivity index (χ0) is 17.0. The van der Waals surface area contributed by atoms with Crippen molar-refractivity contribution >= 4 is 17.1 Å². The van der Waals surface area contributed by atoms with E-state index < -0.39 is 11.6 Å². The summed E-state index contributed by atoms with van der Waals surface area (Å²) < 4.78 is 28.6. The summed E-state index contributed by atoms with van der Waals surface area (Å²) >= 11 is 0. The number of nitrogens with zero attached hydrogens (tertiary/aromatic N) is 3. The highest BCUT2D eigenvalue weighted by Crippen LogP contribution is 2.31. The molecular weight excluding hydrogens is 296 g/mol. The number of aryl methyl sites for hydroxylation is 2. The van der Waals surface area contributed by atoms with Crippen LogP contribution in [0.2, 0.25) is 0 Å². The summed E-state index contributed by atoms with van der Waals surface area (Å²) in [5.74, 6) is -1.26. The molecule has 23 heavy (non-hydrogen) atoms. The van der Waals surface area contributed by atoms with Gasteiger partial charge in [-0.2, -0.15) is 5.11 Å². The number of halogens is 2. The monoisotopic (exact) mass is 317 g/mol. The summed E-state index contributed by atoms with van der Waals surface area (Å²) in [5, 5.41) is 7.80. The van der Waals surface area contributed by atoms with Crippen LogP contribution in [0.4, 0.5) is 25.8 Å². The first kappa shape index (κ1) is 17.1. The van der Waals surface area contributed by atoms with Crippen LogP contribution in [0, 0.1) is 11.6 Å². The molecule has 0 saturated carbocycles. The maximum absolute atomic E-state index is 14.3. The van der Waals surface area contributed by atoms with E-state index in [9.17, 15) is 8.78 Å². The topological polar surface area (TPSA) is 28.0 Å². The molecule has 2 aromatic rings. The molecule has 0 atom stereocenters. The Bertz CT molecular complexity index is 679. The van der Waals surface area contributed by atoms with Gasteiger partial charge in [0, 0.05) is 19.8 Å². The molecular formula is C18H21F2N3. The van der Waals surface area contributed by atoms with Crippen molar-refractivity contribution in [3.05, 3.63) is 53.1 Å². The lowest BCUT2D eigenvalue weighted by Gasteiger charge is -2.11. The molecule has 0 heterocycles. The Morgan fingerprint density at radius 1 is 0.870 bits per heavy atom. The summed E-state index contributed by atoms with van der Waals surface area (Å²) in [7, 11) is 3.87. The summed E-state index contributed by atoms with van der Waals surface area (Å²) in [4.78, 5) is 1.96. The highest BCUT2D eigenvalue weighted by molar-refractivity contribution is 5.52. The molecule has 0 saturated heterocycles. The molecule has 5 heteroatoms. The van der Waals surface area contributed by atoms with Crippen molar-refractivity contribution in [2.45, 2.75) is 26.7 Å². The maximum atomic E-state index is 14.3. The smallest absolute Gasteiger partial charge is 0.157 e. The lowest BCUT2D eigenvalue weighted by Crippen LogP contribution is -2.07. The lowest BCUT2D eigenvalue weighted by atomic mass is 10.0. The predicted molar refractivity (Wildman–Crippen MR) is 90.1 cm³/mol. The molecule has 2 rings (SSSR count). The number of benzene rings is 2. The third kappa shape index (κ3) is 3.73. The molecule has 0 unspecified atom stereocenters. The molecule has 0 bridgehead atoms. The average Bonchev–Trinajstić information content (AvgIpc) is 2.55. The fourth-order valence-electron chi connectivity index (χ4n) is 2.27. The number of azo groups is 1. The Hall–Kier alpha value is -2.30. The van der Waals surface area contributed by atoms with Crippen molar-refractivity contribution in [2.24, 2.45) is 10.2 Å². The molecule has 0 spiro atoms. The predicted octanol–water partition coefficient (Wildman–Crippen LogP) is 5.57. The van der Waals surface area contributed by atoms with Crippen LogP contribution in [0.5, 0.6) is 0 Å². The van der Waals surface area contributed by atoms with Gasteiger partial charge in [0.15, 0.2) is 17.3 Å². The lowest BCUT2D eigenvalue weighted by molar-refractivity contribution is 0.566. The van der Waals surface area contributed by atoms with Gasteiger partial charge >= 0.3 is 0 Å². The van der Waals surface area contributed by atoms with E-state index in [1.807, 2.05) is 45.0 Å². The third-order valence-electron chi connectivity index (χ3n) is 3.72. The van der Waals surface area contributed by atoms with Crippen LogP contribution in [0.25, 0.3) is 0 Å². The van der Waals surface area contributed by atoms with Gasteiger partial charge in [-0.15, -0.1) is 5.11 Å². The Morgan fingerprint density at radius 3 is 1.83 bits per heavy atom. The second-order valence-corrected chi connectivity index (χ2v) is 5.49. The first-order valence-corrected chi connectivity index (χ1v) is 7.66. The minimum Gasteiger partial charge on any atom is -0.378 e. The van der Waals surface area contributed by atoms with Gasteiger partial charge in [-0.25, -0.2) is 8.78 Å². The first-order valence-electron chi connectivity index (χ1n) is 7.66. The number of hydrogen-bond acceptors (Lipinski definition) is 3. The third-order valence-corrected chi connectivity index (χ3v) is 3.72. The van der Waals surface area contributed by atoms with E-state index in [-0.39, 0.29) is 5.69 Å². The highest BCUT2D eigenvalue weighted by atomic mass is 19.1. The molecule has 122 valence electrons. The van der Waals surface area contributed by atoms with E-state index in [0.29, 0.717) is 29.7 Å². The van der Waals surface area contributed by atoms with E-state index in [1.165, 1.54) is 0 Å². The van der Waals surface area contributed by atoms with Gasteiger partial charge in [-0.05, 0) is 54.3 Å². The summed E-state index contributed by atoms with van der Waals surface area (Å²) in [6.07, 6.45) is 0.971. The molecule has 0 aliphatic heterocycles.